The summed E-state index contributed by atoms with van der Waals surface area (Å²) in [6.45, 7) is 8.17. The largest absolute Gasteiger partial charge is 0.497 e. The highest BCUT2D eigenvalue weighted by atomic mass is 16.6. The Hall–Kier alpha value is -1.77. The lowest BCUT2D eigenvalue weighted by Crippen LogP contribution is -2.22. The first-order valence-corrected chi connectivity index (χ1v) is 7.07. The second-order valence-electron chi connectivity index (χ2n) is 5.56. The quantitative estimate of drug-likeness (QED) is 0.600. The molecule has 1 heterocycles. The van der Waals surface area contributed by atoms with Crippen molar-refractivity contribution >= 4 is 5.97 Å². The summed E-state index contributed by atoms with van der Waals surface area (Å²) in [5.41, 5.74) is 1.27. The molecule has 0 saturated carbocycles. The van der Waals surface area contributed by atoms with Crippen LogP contribution in [0.1, 0.15) is 44.8 Å². The van der Waals surface area contributed by atoms with E-state index >= 15 is 0 Å². The molecule has 108 valence electrons. The fourth-order valence-corrected chi connectivity index (χ4v) is 2.74. The van der Waals surface area contributed by atoms with Crippen molar-refractivity contribution in [3.8, 4) is 5.75 Å². The lowest BCUT2D eigenvalue weighted by atomic mass is 9.73. The summed E-state index contributed by atoms with van der Waals surface area (Å²) in [4.78, 5) is 11.9. The average Bonchev–Trinajstić information content (AvgIpc) is 2.70. The number of hydrogen-bond acceptors (Lipinski definition) is 3. The molecule has 0 bridgehead atoms. The summed E-state index contributed by atoms with van der Waals surface area (Å²) in [5.74, 6) is 0.525. The Labute approximate surface area is 120 Å². The maximum Gasteiger partial charge on any atom is 0.334 e. The van der Waals surface area contributed by atoms with E-state index in [0.29, 0.717) is 5.57 Å². The second-order valence-corrected chi connectivity index (χ2v) is 5.56. The first kappa shape index (κ1) is 14.6. The van der Waals surface area contributed by atoms with Crippen LogP contribution in [0.5, 0.6) is 5.75 Å². The zero-order valence-corrected chi connectivity index (χ0v) is 12.4. The molecule has 1 aromatic rings. The Morgan fingerprint density at radius 2 is 2.00 bits per heavy atom. The average molecular weight is 274 g/mol. The number of rotatable bonds is 5. The van der Waals surface area contributed by atoms with Gasteiger partial charge in [0.2, 0.25) is 0 Å². The molecule has 0 aliphatic carbocycles. The van der Waals surface area contributed by atoms with Gasteiger partial charge in [0.05, 0.1) is 7.11 Å². The molecule has 1 aromatic carbocycles. The summed E-state index contributed by atoms with van der Waals surface area (Å²) < 4.78 is 10.7. The van der Waals surface area contributed by atoms with Gasteiger partial charge in [-0.25, -0.2) is 4.79 Å². The Balaban J connectivity index is 2.31. The van der Waals surface area contributed by atoms with Crippen molar-refractivity contribution in [3.05, 3.63) is 42.0 Å². The molecule has 1 fully saturated rings. The lowest BCUT2D eigenvalue weighted by Gasteiger charge is -2.29. The zero-order valence-electron chi connectivity index (χ0n) is 12.4. The van der Waals surface area contributed by atoms with Crippen LogP contribution in [-0.4, -0.2) is 13.1 Å². The van der Waals surface area contributed by atoms with Gasteiger partial charge in [-0.2, -0.15) is 0 Å². The standard InChI is InChI=1S/C17H22O3/c1-5-6-11-17(3)12(2)16(18)20-15(17)13-7-9-14(19-4)10-8-13/h7-10,15H,2,5-6,11H2,1,3-4H3/t15-,17+/m1/s1. The minimum Gasteiger partial charge on any atom is -0.497 e. The minimum atomic E-state index is -0.318. The summed E-state index contributed by atoms with van der Waals surface area (Å²) in [7, 11) is 1.64. The molecule has 0 amide bonds. The molecular formula is C17H22O3. The number of esters is 1. The molecule has 3 nitrogen and oxygen atoms in total. The van der Waals surface area contributed by atoms with E-state index in [1.54, 1.807) is 7.11 Å². The normalized spacial score (nSPS) is 25.6. The van der Waals surface area contributed by atoms with E-state index in [4.69, 9.17) is 9.47 Å². The first-order chi connectivity index (χ1) is 9.52. The number of carbonyl (C=O) groups excluding carboxylic acids is 1. The van der Waals surface area contributed by atoms with Crippen LogP contribution in [0, 0.1) is 5.41 Å². The van der Waals surface area contributed by atoms with Crippen LogP contribution < -0.4 is 4.74 Å². The molecule has 0 radical (unpaired) electrons. The number of unbranched alkanes of at least 4 members (excludes halogenated alkanes) is 1. The van der Waals surface area contributed by atoms with E-state index in [1.165, 1.54) is 0 Å². The molecule has 0 spiro atoms. The van der Waals surface area contributed by atoms with Crippen LogP contribution in [0.2, 0.25) is 0 Å². The third-order valence-corrected chi connectivity index (χ3v) is 4.21. The van der Waals surface area contributed by atoms with Gasteiger partial charge in [-0.3, -0.25) is 0 Å². The van der Waals surface area contributed by atoms with Crippen molar-refractivity contribution in [2.45, 2.75) is 39.2 Å². The molecule has 0 unspecified atom stereocenters. The van der Waals surface area contributed by atoms with Crippen LogP contribution in [0.3, 0.4) is 0 Å². The predicted octanol–water partition coefficient (Wildman–Crippen LogP) is 4.05. The molecular weight excluding hydrogens is 252 g/mol. The van der Waals surface area contributed by atoms with E-state index in [0.717, 1.165) is 30.6 Å². The van der Waals surface area contributed by atoms with Crippen LogP contribution in [0.15, 0.2) is 36.4 Å². The van der Waals surface area contributed by atoms with Gasteiger partial charge in [-0.15, -0.1) is 0 Å². The molecule has 0 N–H and O–H groups in total. The highest BCUT2D eigenvalue weighted by Crippen LogP contribution is 2.51. The zero-order chi connectivity index (χ0) is 14.8. The highest BCUT2D eigenvalue weighted by Gasteiger charge is 2.49. The number of benzene rings is 1. The van der Waals surface area contributed by atoms with Crippen LogP contribution in [-0.2, 0) is 9.53 Å². The number of carbonyl (C=O) groups is 1. The monoisotopic (exact) mass is 274 g/mol. The van der Waals surface area contributed by atoms with Gasteiger partial charge < -0.3 is 9.47 Å². The van der Waals surface area contributed by atoms with E-state index in [1.807, 2.05) is 24.3 Å². The number of hydrogen-bond donors (Lipinski definition) is 0. The Morgan fingerprint density at radius 1 is 1.35 bits per heavy atom. The van der Waals surface area contributed by atoms with Crippen molar-refractivity contribution in [2.75, 3.05) is 7.11 Å². The minimum absolute atomic E-state index is 0.250. The molecule has 1 saturated heterocycles. The van der Waals surface area contributed by atoms with Gasteiger partial charge in [0.25, 0.3) is 0 Å². The molecule has 2 rings (SSSR count). The topological polar surface area (TPSA) is 35.5 Å². The molecule has 3 heteroatoms. The Kier molecular flexibility index (Phi) is 4.17. The van der Waals surface area contributed by atoms with Crippen molar-refractivity contribution in [3.63, 3.8) is 0 Å². The second kappa shape index (κ2) is 5.70. The first-order valence-electron chi connectivity index (χ1n) is 7.07. The maximum atomic E-state index is 11.9. The van der Waals surface area contributed by atoms with E-state index in [9.17, 15) is 4.79 Å². The van der Waals surface area contributed by atoms with E-state index in [2.05, 4.69) is 20.4 Å². The summed E-state index contributed by atoms with van der Waals surface area (Å²) in [5, 5.41) is 0. The third kappa shape index (κ3) is 2.45. The Morgan fingerprint density at radius 3 is 2.55 bits per heavy atom. The van der Waals surface area contributed by atoms with Gasteiger partial charge in [-0.05, 0) is 24.1 Å². The van der Waals surface area contributed by atoms with Gasteiger partial charge in [0.15, 0.2) is 0 Å². The predicted molar refractivity (Wildman–Crippen MR) is 78.6 cm³/mol. The lowest BCUT2D eigenvalue weighted by molar-refractivity contribution is -0.140. The van der Waals surface area contributed by atoms with Crippen molar-refractivity contribution in [2.24, 2.45) is 5.41 Å². The van der Waals surface area contributed by atoms with Crippen LogP contribution in [0.25, 0.3) is 0 Å². The summed E-state index contributed by atoms with van der Waals surface area (Å²) >= 11 is 0. The molecule has 1 aliphatic rings. The fourth-order valence-electron chi connectivity index (χ4n) is 2.74. The molecule has 20 heavy (non-hydrogen) atoms. The molecule has 1 aliphatic heterocycles. The third-order valence-electron chi connectivity index (χ3n) is 4.21. The summed E-state index contributed by atoms with van der Waals surface area (Å²) in [6.07, 6.45) is 2.80. The van der Waals surface area contributed by atoms with Crippen molar-refractivity contribution < 1.29 is 14.3 Å². The van der Waals surface area contributed by atoms with Crippen LogP contribution in [0.4, 0.5) is 0 Å². The highest BCUT2D eigenvalue weighted by molar-refractivity contribution is 5.92. The SMILES string of the molecule is C=C1C(=O)O[C@H](c2ccc(OC)cc2)[C@@]1(C)CCCC. The Bertz CT molecular complexity index is 503. The van der Waals surface area contributed by atoms with Gasteiger partial charge in [0.1, 0.15) is 11.9 Å². The van der Waals surface area contributed by atoms with Crippen LogP contribution >= 0.6 is 0 Å². The van der Waals surface area contributed by atoms with Gasteiger partial charge >= 0.3 is 5.97 Å². The smallest absolute Gasteiger partial charge is 0.334 e. The number of cyclic esters (lactones) is 1. The van der Waals surface area contributed by atoms with Crippen molar-refractivity contribution in [1.82, 2.24) is 0 Å². The van der Waals surface area contributed by atoms with Crippen molar-refractivity contribution in [1.29, 1.82) is 0 Å². The molecule has 2 atom stereocenters. The number of ether oxygens (including phenoxy) is 2. The number of methoxy groups -OCH3 is 1. The summed E-state index contributed by atoms with van der Waals surface area (Å²) in [6, 6.07) is 7.70. The van der Waals surface area contributed by atoms with Gasteiger partial charge in [-0.1, -0.05) is 45.4 Å². The van der Waals surface area contributed by atoms with Gasteiger partial charge in [0, 0.05) is 11.0 Å². The fraction of sp³-hybridized carbons (Fsp3) is 0.471. The van der Waals surface area contributed by atoms with E-state index < -0.39 is 0 Å². The van der Waals surface area contributed by atoms with E-state index in [-0.39, 0.29) is 17.5 Å². The maximum absolute atomic E-state index is 11.9. The molecule has 0 aromatic heterocycles.